The Morgan fingerprint density at radius 2 is 1.84 bits per heavy atom. The van der Waals surface area contributed by atoms with Gasteiger partial charge in [0.2, 0.25) is 0 Å². The van der Waals surface area contributed by atoms with Crippen LogP contribution in [0.25, 0.3) is 0 Å². The van der Waals surface area contributed by atoms with E-state index in [2.05, 4.69) is 5.32 Å². The Hall–Kier alpha value is -2.81. The molecule has 0 radical (unpaired) electrons. The lowest BCUT2D eigenvalue weighted by molar-refractivity contribution is -0.380. The molecule has 2 rings (SSSR count). The van der Waals surface area contributed by atoms with Crippen molar-refractivity contribution in [2.24, 2.45) is 0 Å². The van der Waals surface area contributed by atoms with E-state index < -0.39 is 28.9 Å². The van der Waals surface area contributed by atoms with Crippen LogP contribution in [0.4, 0.5) is 9.39 Å². The van der Waals surface area contributed by atoms with Crippen LogP contribution in [0.1, 0.15) is 35.1 Å². The minimum Gasteiger partial charge on any atom is -0.448 e. The third-order valence-electron chi connectivity index (χ3n) is 3.35. The third-order valence-corrected chi connectivity index (χ3v) is 4.37. The van der Waals surface area contributed by atoms with Crippen molar-refractivity contribution in [1.29, 1.82) is 0 Å². The molecule has 0 aliphatic heterocycles. The predicted octanol–water partition coefficient (Wildman–Crippen LogP) is 3.22. The van der Waals surface area contributed by atoms with Crippen molar-refractivity contribution in [1.82, 2.24) is 5.32 Å². The van der Waals surface area contributed by atoms with E-state index in [0.29, 0.717) is 16.9 Å². The summed E-state index contributed by atoms with van der Waals surface area (Å²) in [6, 6.07) is 7.72. The summed E-state index contributed by atoms with van der Waals surface area (Å²) >= 11 is 0.674. The van der Waals surface area contributed by atoms with Crippen molar-refractivity contribution in [3.63, 3.8) is 0 Å². The number of thiophene rings is 1. The van der Waals surface area contributed by atoms with Crippen LogP contribution < -0.4 is 5.32 Å². The first-order valence-corrected chi connectivity index (χ1v) is 8.10. The van der Waals surface area contributed by atoms with Gasteiger partial charge in [0.1, 0.15) is 10.7 Å². The van der Waals surface area contributed by atoms with E-state index in [1.807, 2.05) is 0 Å². The number of hydrogen-bond donors (Lipinski definition) is 1. The summed E-state index contributed by atoms with van der Waals surface area (Å²) in [6.45, 7) is 3.11. The fourth-order valence-electron chi connectivity index (χ4n) is 1.97. The quantitative estimate of drug-likeness (QED) is 0.481. The first-order chi connectivity index (χ1) is 11.8. The van der Waals surface area contributed by atoms with Gasteiger partial charge < -0.3 is 10.1 Å². The highest BCUT2D eigenvalue weighted by atomic mass is 32.1. The van der Waals surface area contributed by atoms with E-state index in [1.54, 1.807) is 19.1 Å². The zero-order valence-electron chi connectivity index (χ0n) is 13.4. The molecule has 1 N–H and O–H groups in total. The van der Waals surface area contributed by atoms with Crippen molar-refractivity contribution in [2.75, 3.05) is 0 Å². The first-order valence-electron chi connectivity index (χ1n) is 7.29. The lowest BCUT2D eigenvalue weighted by Crippen LogP contribution is -2.37. The molecule has 0 spiro atoms. The highest BCUT2D eigenvalue weighted by Crippen LogP contribution is 2.24. The first kappa shape index (κ1) is 18.5. The molecule has 0 aliphatic rings. The highest BCUT2D eigenvalue weighted by Gasteiger charge is 2.23. The molecule has 0 saturated carbocycles. The summed E-state index contributed by atoms with van der Waals surface area (Å²) in [7, 11) is 0. The molecular formula is C16H15FN2O5S. The standard InChI is InChI=1S/C16H15FN2O5S/c1-9(11-3-5-12(17)6-4-11)18-15(20)10(2)24-16(21)13-7-8-14(25-13)19(22)23/h3-10H,1-2H3,(H,18,20). The predicted molar refractivity (Wildman–Crippen MR) is 88.8 cm³/mol. The molecule has 1 amide bonds. The second-order valence-corrected chi connectivity index (χ2v) is 6.29. The van der Waals surface area contributed by atoms with Crippen molar-refractivity contribution in [3.8, 4) is 0 Å². The lowest BCUT2D eigenvalue weighted by Gasteiger charge is -2.18. The van der Waals surface area contributed by atoms with E-state index in [9.17, 15) is 24.1 Å². The minimum atomic E-state index is -1.09. The number of ether oxygens (including phenoxy) is 1. The van der Waals surface area contributed by atoms with Crippen LogP contribution >= 0.6 is 11.3 Å². The Kier molecular flexibility index (Phi) is 5.81. The van der Waals surface area contributed by atoms with Gasteiger partial charge in [-0.05, 0) is 37.6 Å². The van der Waals surface area contributed by atoms with Crippen LogP contribution in [0.15, 0.2) is 36.4 Å². The Bertz CT molecular complexity index is 790. The SMILES string of the molecule is CC(OC(=O)c1ccc([N+](=O)[O-])s1)C(=O)NC(C)c1ccc(F)cc1. The van der Waals surface area contributed by atoms with Crippen LogP contribution in [-0.2, 0) is 9.53 Å². The molecule has 1 heterocycles. The van der Waals surface area contributed by atoms with Gasteiger partial charge in [-0.15, -0.1) is 0 Å². The van der Waals surface area contributed by atoms with Crippen LogP contribution in [0, 0.1) is 15.9 Å². The number of halogens is 1. The summed E-state index contributed by atoms with van der Waals surface area (Å²) in [4.78, 5) is 34.1. The maximum Gasteiger partial charge on any atom is 0.349 e. The fraction of sp³-hybridized carbons (Fsp3) is 0.250. The smallest absolute Gasteiger partial charge is 0.349 e. The highest BCUT2D eigenvalue weighted by molar-refractivity contribution is 7.17. The van der Waals surface area contributed by atoms with Crippen LogP contribution in [-0.4, -0.2) is 22.9 Å². The number of benzene rings is 1. The van der Waals surface area contributed by atoms with E-state index in [-0.39, 0.29) is 15.7 Å². The number of carbonyl (C=O) groups is 2. The number of amides is 1. The molecular weight excluding hydrogens is 351 g/mol. The van der Waals surface area contributed by atoms with Crippen molar-refractivity contribution >= 4 is 28.2 Å². The average Bonchev–Trinajstić information content (AvgIpc) is 3.05. The van der Waals surface area contributed by atoms with E-state index in [0.717, 1.165) is 0 Å². The maximum atomic E-state index is 12.9. The molecule has 9 heteroatoms. The summed E-state index contributed by atoms with van der Waals surface area (Å²) in [5.41, 5.74) is 0.696. The van der Waals surface area contributed by atoms with Crippen molar-refractivity contribution in [3.05, 3.63) is 62.8 Å². The number of esters is 1. The van der Waals surface area contributed by atoms with Crippen LogP contribution in [0.2, 0.25) is 0 Å². The largest absolute Gasteiger partial charge is 0.448 e. The molecule has 1 aromatic carbocycles. The maximum absolute atomic E-state index is 12.9. The molecule has 1 aromatic heterocycles. The topological polar surface area (TPSA) is 98.5 Å². The Morgan fingerprint density at radius 3 is 2.40 bits per heavy atom. The van der Waals surface area contributed by atoms with E-state index in [4.69, 9.17) is 4.74 Å². The number of nitrogens with zero attached hydrogens (tertiary/aromatic N) is 1. The summed E-state index contributed by atoms with van der Waals surface area (Å²) in [5.74, 6) is -1.72. The Morgan fingerprint density at radius 1 is 1.20 bits per heavy atom. The molecule has 7 nitrogen and oxygen atoms in total. The van der Waals surface area contributed by atoms with Gasteiger partial charge in [0, 0.05) is 6.07 Å². The van der Waals surface area contributed by atoms with Gasteiger partial charge in [-0.25, -0.2) is 9.18 Å². The van der Waals surface area contributed by atoms with Gasteiger partial charge >= 0.3 is 11.0 Å². The molecule has 2 unspecified atom stereocenters. The second kappa shape index (κ2) is 7.84. The monoisotopic (exact) mass is 366 g/mol. The van der Waals surface area contributed by atoms with Gasteiger partial charge in [-0.1, -0.05) is 23.5 Å². The number of rotatable bonds is 6. The number of carbonyl (C=O) groups excluding carboxylic acids is 2. The van der Waals surface area contributed by atoms with E-state index >= 15 is 0 Å². The van der Waals surface area contributed by atoms with E-state index in [1.165, 1.54) is 31.2 Å². The normalized spacial score (nSPS) is 12.9. The van der Waals surface area contributed by atoms with Gasteiger partial charge in [0.05, 0.1) is 11.0 Å². The van der Waals surface area contributed by atoms with Crippen molar-refractivity contribution < 1.29 is 23.6 Å². The van der Waals surface area contributed by atoms with Crippen LogP contribution in [0.3, 0.4) is 0 Å². The second-order valence-electron chi connectivity index (χ2n) is 5.22. The minimum absolute atomic E-state index is 0.0398. The summed E-state index contributed by atoms with van der Waals surface area (Å²) < 4.78 is 17.9. The molecule has 0 saturated heterocycles. The summed E-state index contributed by atoms with van der Waals surface area (Å²) in [5, 5.41) is 13.1. The molecule has 0 aliphatic carbocycles. The number of hydrogen-bond acceptors (Lipinski definition) is 6. The Balaban J connectivity index is 1.93. The van der Waals surface area contributed by atoms with Gasteiger partial charge in [-0.2, -0.15) is 0 Å². The molecule has 132 valence electrons. The summed E-state index contributed by atoms with van der Waals surface area (Å²) in [6.07, 6.45) is -1.09. The third kappa shape index (κ3) is 4.83. The lowest BCUT2D eigenvalue weighted by atomic mass is 10.1. The molecule has 0 bridgehead atoms. The molecule has 0 fully saturated rings. The number of nitro groups is 1. The zero-order valence-corrected chi connectivity index (χ0v) is 14.2. The average molecular weight is 366 g/mol. The van der Waals surface area contributed by atoms with Gasteiger partial charge in [0.25, 0.3) is 5.91 Å². The fourth-order valence-corrected chi connectivity index (χ4v) is 2.68. The van der Waals surface area contributed by atoms with Crippen molar-refractivity contribution in [2.45, 2.75) is 26.0 Å². The molecule has 2 aromatic rings. The Labute approximate surface area is 146 Å². The van der Waals surface area contributed by atoms with Gasteiger partial charge in [-0.3, -0.25) is 14.9 Å². The van der Waals surface area contributed by atoms with Gasteiger partial charge in [0.15, 0.2) is 6.10 Å². The molecule has 25 heavy (non-hydrogen) atoms. The van der Waals surface area contributed by atoms with Crippen LogP contribution in [0.5, 0.6) is 0 Å². The number of nitrogens with one attached hydrogen (secondary N) is 1. The molecule has 2 atom stereocenters. The zero-order chi connectivity index (χ0) is 18.6.